The molecular formula is C20H24N2O4. The molecule has 2 amide bonds. The van der Waals surface area contributed by atoms with Crippen LogP contribution in [0.2, 0.25) is 0 Å². The van der Waals surface area contributed by atoms with Crippen molar-refractivity contribution in [3.8, 4) is 11.5 Å². The molecule has 0 saturated carbocycles. The van der Waals surface area contributed by atoms with Crippen LogP contribution in [0.1, 0.15) is 21.5 Å². The van der Waals surface area contributed by atoms with Crippen LogP contribution < -0.4 is 20.1 Å². The van der Waals surface area contributed by atoms with Crippen molar-refractivity contribution >= 4 is 11.8 Å². The molecule has 2 rings (SSSR count). The van der Waals surface area contributed by atoms with Gasteiger partial charge in [0.05, 0.1) is 20.8 Å². The Morgan fingerprint density at radius 1 is 0.962 bits per heavy atom. The first-order valence-electron chi connectivity index (χ1n) is 8.36. The van der Waals surface area contributed by atoms with E-state index >= 15 is 0 Å². The second kappa shape index (κ2) is 9.46. The number of methoxy groups -OCH3 is 2. The van der Waals surface area contributed by atoms with Gasteiger partial charge >= 0.3 is 0 Å². The Morgan fingerprint density at radius 2 is 1.69 bits per heavy atom. The summed E-state index contributed by atoms with van der Waals surface area (Å²) in [5.74, 6) is 0.935. The quantitative estimate of drug-likeness (QED) is 0.759. The third kappa shape index (κ3) is 5.51. The molecule has 6 heteroatoms. The van der Waals surface area contributed by atoms with Crippen LogP contribution in [0.15, 0.2) is 42.5 Å². The van der Waals surface area contributed by atoms with E-state index in [1.807, 2.05) is 25.1 Å². The van der Waals surface area contributed by atoms with Crippen molar-refractivity contribution in [3.05, 3.63) is 59.2 Å². The van der Waals surface area contributed by atoms with Crippen LogP contribution >= 0.6 is 0 Å². The summed E-state index contributed by atoms with van der Waals surface area (Å²) in [5, 5.41) is 5.40. The lowest BCUT2D eigenvalue weighted by molar-refractivity contribution is -0.120. The highest BCUT2D eigenvalue weighted by Crippen LogP contribution is 2.19. The number of amides is 2. The van der Waals surface area contributed by atoms with Gasteiger partial charge in [-0.3, -0.25) is 9.59 Å². The molecule has 0 spiro atoms. The van der Waals surface area contributed by atoms with Gasteiger partial charge in [-0.1, -0.05) is 17.7 Å². The summed E-state index contributed by atoms with van der Waals surface area (Å²) in [6, 6.07) is 12.6. The molecule has 0 unspecified atom stereocenters. The second-order valence-electron chi connectivity index (χ2n) is 5.83. The lowest BCUT2D eigenvalue weighted by atomic mass is 10.1. The van der Waals surface area contributed by atoms with E-state index in [2.05, 4.69) is 10.6 Å². The van der Waals surface area contributed by atoms with Crippen molar-refractivity contribution in [1.29, 1.82) is 0 Å². The summed E-state index contributed by atoms with van der Waals surface area (Å²) in [6.45, 7) is 2.41. The molecule has 0 aliphatic heterocycles. The lowest BCUT2D eigenvalue weighted by Gasteiger charge is -2.11. The van der Waals surface area contributed by atoms with Crippen molar-refractivity contribution in [2.24, 2.45) is 0 Å². The fraction of sp³-hybridized carbons (Fsp3) is 0.300. The van der Waals surface area contributed by atoms with Gasteiger partial charge in [-0.05, 0) is 49.2 Å². The van der Waals surface area contributed by atoms with Gasteiger partial charge in [0.1, 0.15) is 11.5 Å². The van der Waals surface area contributed by atoms with Gasteiger partial charge in [0.15, 0.2) is 0 Å². The largest absolute Gasteiger partial charge is 0.497 e. The third-order valence-corrected chi connectivity index (χ3v) is 3.91. The molecule has 0 aliphatic carbocycles. The molecule has 2 aromatic carbocycles. The Kier molecular flexibility index (Phi) is 7.02. The van der Waals surface area contributed by atoms with Crippen molar-refractivity contribution in [3.63, 3.8) is 0 Å². The van der Waals surface area contributed by atoms with Gasteiger partial charge in [0, 0.05) is 12.1 Å². The molecule has 0 heterocycles. The highest BCUT2D eigenvalue weighted by molar-refractivity contribution is 5.96. The van der Waals surface area contributed by atoms with Crippen LogP contribution in [0.4, 0.5) is 0 Å². The standard InChI is InChI=1S/C20H24N2O4/c1-14-4-9-18(26-3)16(12-14)10-11-21-19(23)13-22-20(24)15-5-7-17(25-2)8-6-15/h4-9,12H,10-11,13H2,1-3H3,(H,21,23)(H,22,24). The fourth-order valence-electron chi connectivity index (χ4n) is 2.51. The number of benzene rings is 2. The van der Waals surface area contributed by atoms with Crippen molar-refractivity contribution in [2.45, 2.75) is 13.3 Å². The summed E-state index contributed by atoms with van der Waals surface area (Å²) < 4.78 is 10.4. The lowest BCUT2D eigenvalue weighted by Crippen LogP contribution is -2.37. The maximum absolute atomic E-state index is 12.0. The molecule has 0 aromatic heterocycles. The van der Waals surface area contributed by atoms with Crippen molar-refractivity contribution in [2.75, 3.05) is 27.3 Å². The molecule has 138 valence electrons. The van der Waals surface area contributed by atoms with E-state index in [1.165, 1.54) is 0 Å². The third-order valence-electron chi connectivity index (χ3n) is 3.91. The molecule has 6 nitrogen and oxygen atoms in total. The molecule has 0 radical (unpaired) electrons. The zero-order chi connectivity index (χ0) is 18.9. The number of aryl methyl sites for hydroxylation is 1. The SMILES string of the molecule is COc1ccc(C(=O)NCC(=O)NCCc2cc(C)ccc2OC)cc1. The number of hydrogen-bond donors (Lipinski definition) is 2. The van der Waals surface area contributed by atoms with Gasteiger partial charge in [-0.25, -0.2) is 0 Å². The molecule has 0 aliphatic rings. The molecule has 0 fully saturated rings. The smallest absolute Gasteiger partial charge is 0.251 e. The molecule has 2 N–H and O–H groups in total. The highest BCUT2D eigenvalue weighted by Gasteiger charge is 2.09. The molecule has 0 atom stereocenters. The number of hydrogen-bond acceptors (Lipinski definition) is 4. The fourth-order valence-corrected chi connectivity index (χ4v) is 2.51. The van der Waals surface area contributed by atoms with E-state index in [9.17, 15) is 9.59 Å². The van der Waals surface area contributed by atoms with E-state index < -0.39 is 0 Å². The van der Waals surface area contributed by atoms with Crippen LogP contribution in [0.25, 0.3) is 0 Å². The molecule has 2 aromatic rings. The predicted molar refractivity (Wildman–Crippen MR) is 99.8 cm³/mol. The first kappa shape index (κ1) is 19.3. The van der Waals surface area contributed by atoms with Crippen LogP contribution in [-0.4, -0.2) is 39.1 Å². The summed E-state index contributed by atoms with van der Waals surface area (Å²) in [4.78, 5) is 23.9. The average molecular weight is 356 g/mol. The first-order valence-corrected chi connectivity index (χ1v) is 8.36. The number of carbonyl (C=O) groups excluding carboxylic acids is 2. The van der Waals surface area contributed by atoms with Gasteiger partial charge < -0.3 is 20.1 Å². The Morgan fingerprint density at radius 3 is 2.35 bits per heavy atom. The van der Waals surface area contributed by atoms with E-state index in [-0.39, 0.29) is 18.4 Å². The second-order valence-corrected chi connectivity index (χ2v) is 5.83. The van der Waals surface area contributed by atoms with Gasteiger partial charge in [0.25, 0.3) is 5.91 Å². The minimum absolute atomic E-state index is 0.0736. The Balaban J connectivity index is 1.76. The normalized spacial score (nSPS) is 10.1. The molecule has 0 bridgehead atoms. The van der Waals surface area contributed by atoms with Crippen molar-refractivity contribution < 1.29 is 19.1 Å². The summed E-state index contributed by atoms with van der Waals surface area (Å²) in [7, 11) is 3.19. The summed E-state index contributed by atoms with van der Waals surface area (Å²) >= 11 is 0. The number of carbonyl (C=O) groups is 2. The maximum atomic E-state index is 12.0. The Hall–Kier alpha value is -3.02. The number of ether oxygens (including phenoxy) is 2. The van der Waals surface area contributed by atoms with Crippen LogP contribution in [0.5, 0.6) is 11.5 Å². The minimum atomic E-state index is -0.303. The van der Waals surface area contributed by atoms with E-state index in [0.29, 0.717) is 24.3 Å². The highest BCUT2D eigenvalue weighted by atomic mass is 16.5. The summed E-state index contributed by atoms with van der Waals surface area (Å²) in [5.41, 5.74) is 2.65. The zero-order valence-electron chi connectivity index (χ0n) is 15.3. The Labute approximate surface area is 153 Å². The van der Waals surface area contributed by atoms with Crippen LogP contribution in [-0.2, 0) is 11.2 Å². The average Bonchev–Trinajstić information content (AvgIpc) is 2.66. The van der Waals surface area contributed by atoms with E-state index in [0.717, 1.165) is 16.9 Å². The van der Waals surface area contributed by atoms with Crippen LogP contribution in [0.3, 0.4) is 0 Å². The van der Waals surface area contributed by atoms with Gasteiger partial charge in [0.2, 0.25) is 5.91 Å². The van der Waals surface area contributed by atoms with Crippen molar-refractivity contribution in [1.82, 2.24) is 10.6 Å². The molecular weight excluding hydrogens is 332 g/mol. The minimum Gasteiger partial charge on any atom is -0.497 e. The topological polar surface area (TPSA) is 76.7 Å². The molecule has 26 heavy (non-hydrogen) atoms. The monoisotopic (exact) mass is 356 g/mol. The van der Waals surface area contributed by atoms with E-state index in [4.69, 9.17) is 9.47 Å². The van der Waals surface area contributed by atoms with Gasteiger partial charge in [-0.2, -0.15) is 0 Å². The van der Waals surface area contributed by atoms with E-state index in [1.54, 1.807) is 38.5 Å². The number of nitrogens with one attached hydrogen (secondary N) is 2. The van der Waals surface area contributed by atoms with Crippen LogP contribution in [0, 0.1) is 6.92 Å². The zero-order valence-corrected chi connectivity index (χ0v) is 15.3. The van der Waals surface area contributed by atoms with Gasteiger partial charge in [-0.15, -0.1) is 0 Å². The predicted octanol–water partition coefficient (Wildman–Crippen LogP) is 2.10. The number of rotatable bonds is 8. The summed E-state index contributed by atoms with van der Waals surface area (Å²) in [6.07, 6.45) is 0.656. The Bertz CT molecular complexity index is 757. The molecule has 0 saturated heterocycles. The maximum Gasteiger partial charge on any atom is 0.251 e. The first-order chi connectivity index (χ1) is 12.5.